The molecule has 1 aromatic rings. The van der Waals surface area contributed by atoms with Gasteiger partial charge in [0.15, 0.2) is 12.2 Å². The Balaban J connectivity index is 2.67. The zero-order valence-electron chi connectivity index (χ0n) is 10.0. The second-order valence-corrected chi connectivity index (χ2v) is 3.87. The summed E-state index contributed by atoms with van der Waals surface area (Å²) in [5.74, 6) is -2.67. The second kappa shape index (κ2) is 6.25. The van der Waals surface area contributed by atoms with Gasteiger partial charge in [0.2, 0.25) is 0 Å². The first-order valence-corrected chi connectivity index (χ1v) is 5.28. The molecule has 0 bridgehead atoms. The van der Waals surface area contributed by atoms with E-state index in [1.807, 2.05) is 6.92 Å². The summed E-state index contributed by atoms with van der Waals surface area (Å²) in [5, 5.41) is 36.7. The quantitative estimate of drug-likeness (QED) is 0.362. The first kappa shape index (κ1) is 15.1. The van der Waals surface area contributed by atoms with Crippen molar-refractivity contribution in [3.8, 4) is 0 Å². The van der Waals surface area contributed by atoms with Gasteiger partial charge in [0.1, 0.15) is 0 Å². The van der Waals surface area contributed by atoms with Gasteiger partial charge in [-0.3, -0.25) is 20.0 Å². The number of carbonyl (C=O) groups is 2. The van der Waals surface area contributed by atoms with Gasteiger partial charge in [-0.1, -0.05) is 22.9 Å². The molecule has 0 aliphatic heterocycles. The molecule has 2 atom stereocenters. The van der Waals surface area contributed by atoms with Crippen molar-refractivity contribution in [2.24, 2.45) is 0 Å². The molecule has 0 aromatic heterocycles. The summed E-state index contributed by atoms with van der Waals surface area (Å²) in [7, 11) is 0. The van der Waals surface area contributed by atoms with Gasteiger partial charge in [0.25, 0.3) is 5.91 Å². The van der Waals surface area contributed by atoms with E-state index < -0.39 is 29.2 Å². The minimum atomic E-state index is -2.28. The van der Waals surface area contributed by atoms with Crippen LogP contribution in [0.4, 0.5) is 5.69 Å². The first-order valence-electron chi connectivity index (χ1n) is 5.28. The third-order valence-electron chi connectivity index (χ3n) is 2.34. The maximum atomic E-state index is 11.5. The molecule has 0 heterocycles. The maximum Gasteiger partial charge on any atom is 0.304 e. The number of amides is 2. The number of nitrogens with one attached hydrogen (secondary N) is 1. The zero-order chi connectivity index (χ0) is 14.6. The van der Waals surface area contributed by atoms with Crippen molar-refractivity contribution >= 4 is 17.5 Å². The molecule has 0 radical (unpaired) electrons. The lowest BCUT2D eigenvalue weighted by Crippen LogP contribution is -2.47. The lowest BCUT2D eigenvalue weighted by Gasteiger charge is -2.17. The fourth-order valence-corrected chi connectivity index (χ4v) is 1.25. The van der Waals surface area contributed by atoms with Gasteiger partial charge in [0.05, 0.1) is 0 Å². The minimum Gasteiger partial charge on any atom is -0.380 e. The molecule has 2 amide bonds. The molecule has 0 fully saturated rings. The lowest BCUT2D eigenvalue weighted by molar-refractivity contribution is -0.292. The van der Waals surface area contributed by atoms with E-state index in [4.69, 9.17) is 10.4 Å². The van der Waals surface area contributed by atoms with Crippen molar-refractivity contribution in [2.45, 2.75) is 19.1 Å². The second-order valence-electron chi connectivity index (χ2n) is 3.87. The summed E-state index contributed by atoms with van der Waals surface area (Å²) in [4.78, 5) is 22.4. The average Bonchev–Trinajstić information content (AvgIpc) is 2.38. The lowest BCUT2D eigenvalue weighted by atomic mass is 10.1. The van der Waals surface area contributed by atoms with Crippen LogP contribution in [0.2, 0.25) is 0 Å². The SMILES string of the molecule is Cc1ccc(NC(=O)C(O)C(O)C(=O)N(O)O)cc1. The van der Waals surface area contributed by atoms with Crippen LogP contribution in [-0.4, -0.2) is 49.9 Å². The highest BCUT2D eigenvalue weighted by molar-refractivity contribution is 5.98. The van der Waals surface area contributed by atoms with Crippen LogP contribution >= 0.6 is 0 Å². The molecule has 19 heavy (non-hydrogen) atoms. The van der Waals surface area contributed by atoms with Crippen LogP contribution in [0.1, 0.15) is 5.56 Å². The Morgan fingerprint density at radius 3 is 2.11 bits per heavy atom. The predicted octanol–water partition coefficient (Wildman–Crippen LogP) is -0.738. The number of hydrogen-bond donors (Lipinski definition) is 5. The van der Waals surface area contributed by atoms with Gasteiger partial charge in [-0.05, 0) is 19.1 Å². The Morgan fingerprint density at radius 1 is 1.11 bits per heavy atom. The van der Waals surface area contributed by atoms with E-state index in [1.54, 1.807) is 24.3 Å². The highest BCUT2D eigenvalue weighted by atomic mass is 16.8. The molecule has 0 saturated carbocycles. The molecule has 5 N–H and O–H groups in total. The average molecular weight is 270 g/mol. The monoisotopic (exact) mass is 270 g/mol. The van der Waals surface area contributed by atoms with E-state index in [-0.39, 0.29) is 0 Å². The largest absolute Gasteiger partial charge is 0.380 e. The molecule has 1 aromatic carbocycles. The first-order chi connectivity index (χ1) is 8.82. The number of hydrogen-bond acceptors (Lipinski definition) is 6. The normalized spacial score (nSPS) is 13.5. The third kappa shape index (κ3) is 4.00. The fraction of sp³-hybridized carbons (Fsp3) is 0.273. The minimum absolute atomic E-state index is 0.360. The van der Waals surface area contributed by atoms with Crippen LogP contribution in [0.5, 0.6) is 0 Å². The van der Waals surface area contributed by atoms with Crippen molar-refractivity contribution in [2.75, 3.05) is 5.32 Å². The van der Waals surface area contributed by atoms with Crippen LogP contribution in [0, 0.1) is 6.92 Å². The molecule has 104 valence electrons. The summed E-state index contributed by atoms with van der Waals surface area (Å²) in [6.45, 7) is 1.85. The van der Waals surface area contributed by atoms with Gasteiger partial charge in [-0.2, -0.15) is 0 Å². The molecule has 0 saturated heterocycles. The number of aryl methyl sites for hydroxylation is 1. The van der Waals surface area contributed by atoms with Crippen molar-refractivity contribution in [3.05, 3.63) is 29.8 Å². The van der Waals surface area contributed by atoms with Crippen molar-refractivity contribution in [1.29, 1.82) is 0 Å². The smallest absolute Gasteiger partial charge is 0.304 e. The Bertz CT molecular complexity index is 459. The van der Waals surface area contributed by atoms with Crippen LogP contribution in [0.3, 0.4) is 0 Å². The van der Waals surface area contributed by atoms with Gasteiger partial charge >= 0.3 is 5.91 Å². The number of anilines is 1. The van der Waals surface area contributed by atoms with Crippen molar-refractivity contribution in [3.63, 3.8) is 0 Å². The summed E-state index contributed by atoms with van der Waals surface area (Å²) in [6, 6.07) is 6.57. The Morgan fingerprint density at radius 2 is 1.63 bits per heavy atom. The summed E-state index contributed by atoms with van der Waals surface area (Å²) < 4.78 is 0. The Labute approximate surface area is 108 Å². The summed E-state index contributed by atoms with van der Waals surface area (Å²) in [5.41, 5.74) is 1.32. The van der Waals surface area contributed by atoms with Crippen molar-refractivity contribution < 1.29 is 30.2 Å². The summed E-state index contributed by atoms with van der Waals surface area (Å²) >= 11 is 0. The van der Waals surface area contributed by atoms with E-state index in [9.17, 15) is 19.8 Å². The van der Waals surface area contributed by atoms with E-state index in [0.717, 1.165) is 5.56 Å². The number of nitrogens with zero attached hydrogens (tertiary/aromatic N) is 1. The molecule has 8 heteroatoms. The van der Waals surface area contributed by atoms with Gasteiger partial charge in [-0.25, -0.2) is 0 Å². The predicted molar refractivity (Wildman–Crippen MR) is 62.2 cm³/mol. The molecule has 0 aliphatic rings. The van der Waals surface area contributed by atoms with E-state index in [0.29, 0.717) is 5.69 Å². The number of aliphatic hydroxyl groups is 2. The fourth-order valence-electron chi connectivity index (χ4n) is 1.25. The Kier molecular flexibility index (Phi) is 4.95. The topological polar surface area (TPSA) is 130 Å². The molecule has 1 rings (SSSR count). The molecular weight excluding hydrogens is 256 g/mol. The van der Waals surface area contributed by atoms with E-state index in [1.165, 1.54) is 0 Å². The van der Waals surface area contributed by atoms with Crippen LogP contribution in [0.15, 0.2) is 24.3 Å². The van der Waals surface area contributed by atoms with E-state index in [2.05, 4.69) is 5.32 Å². The molecule has 8 nitrogen and oxygen atoms in total. The number of rotatable bonds is 4. The third-order valence-corrected chi connectivity index (χ3v) is 2.34. The number of hydroxylamine groups is 2. The van der Waals surface area contributed by atoms with Crippen LogP contribution < -0.4 is 5.32 Å². The van der Waals surface area contributed by atoms with Gasteiger partial charge in [0, 0.05) is 5.69 Å². The maximum absolute atomic E-state index is 11.5. The summed E-state index contributed by atoms with van der Waals surface area (Å²) in [6.07, 6.45) is -4.41. The number of benzene rings is 1. The van der Waals surface area contributed by atoms with Crippen molar-refractivity contribution in [1.82, 2.24) is 5.23 Å². The van der Waals surface area contributed by atoms with Gasteiger partial charge < -0.3 is 15.5 Å². The van der Waals surface area contributed by atoms with Crippen LogP contribution in [0.25, 0.3) is 0 Å². The molecular formula is C11H14N2O6. The number of carbonyl (C=O) groups excluding carboxylic acids is 2. The van der Waals surface area contributed by atoms with E-state index >= 15 is 0 Å². The Hall–Kier alpha value is -2.00. The van der Waals surface area contributed by atoms with Crippen LogP contribution in [-0.2, 0) is 9.59 Å². The molecule has 0 spiro atoms. The zero-order valence-corrected chi connectivity index (χ0v) is 10.0. The highest BCUT2D eigenvalue weighted by Crippen LogP contribution is 2.10. The highest BCUT2D eigenvalue weighted by Gasteiger charge is 2.33. The van der Waals surface area contributed by atoms with Gasteiger partial charge in [-0.15, -0.1) is 0 Å². The molecule has 2 unspecified atom stereocenters. The molecule has 0 aliphatic carbocycles. The standard InChI is InChI=1S/C11H14N2O6/c1-6-2-4-7(5-3-6)12-10(16)8(14)9(15)11(17)13(18)19/h2-5,8-9,14-15,18-19H,1H3,(H,12,16). The number of aliphatic hydroxyl groups excluding tert-OH is 2.